The van der Waals surface area contributed by atoms with Crippen LogP contribution in [0.3, 0.4) is 0 Å². The van der Waals surface area contributed by atoms with E-state index < -0.39 is 25.7 Å². The molecule has 0 aromatic heterocycles. The Balaban J connectivity index is 2.08. The molecule has 4 nitrogen and oxygen atoms in total. The lowest BCUT2D eigenvalue weighted by atomic mass is 10.2. The van der Waals surface area contributed by atoms with Crippen molar-refractivity contribution in [3.8, 4) is 0 Å². The standard InChI is InChI=1S/C13H14Cl2FNO3S/c14-10-7-11(16)9(6-12(10)21(15,19)20)13(18)17-5-1-2-8-3-4-8/h6-8H,1-5H2,(H,17,18). The summed E-state index contributed by atoms with van der Waals surface area (Å²) in [5.74, 6) is -0.813. The SMILES string of the molecule is O=C(NCCCC1CC1)c1cc(S(=O)(=O)Cl)c(Cl)cc1F. The minimum atomic E-state index is -4.14. The summed E-state index contributed by atoms with van der Waals surface area (Å²) in [4.78, 5) is 11.4. The quantitative estimate of drug-likeness (QED) is 0.630. The van der Waals surface area contributed by atoms with Gasteiger partial charge in [0.15, 0.2) is 0 Å². The molecule has 21 heavy (non-hydrogen) atoms. The molecule has 0 aliphatic heterocycles. The van der Waals surface area contributed by atoms with Gasteiger partial charge in [-0.15, -0.1) is 0 Å². The number of benzene rings is 1. The van der Waals surface area contributed by atoms with Crippen molar-refractivity contribution in [2.45, 2.75) is 30.6 Å². The van der Waals surface area contributed by atoms with Crippen molar-refractivity contribution in [1.29, 1.82) is 0 Å². The smallest absolute Gasteiger partial charge is 0.262 e. The molecule has 1 N–H and O–H groups in total. The second-order valence-corrected chi connectivity index (χ2v) is 7.98. The molecule has 0 heterocycles. The van der Waals surface area contributed by atoms with E-state index in [9.17, 15) is 17.6 Å². The molecule has 2 rings (SSSR count). The Morgan fingerprint density at radius 1 is 1.38 bits per heavy atom. The number of amides is 1. The monoisotopic (exact) mass is 353 g/mol. The van der Waals surface area contributed by atoms with Crippen molar-refractivity contribution in [3.05, 3.63) is 28.5 Å². The van der Waals surface area contributed by atoms with Crippen LogP contribution in [0.25, 0.3) is 0 Å². The number of hydrogen-bond donors (Lipinski definition) is 1. The van der Waals surface area contributed by atoms with Gasteiger partial charge in [0.1, 0.15) is 10.7 Å². The van der Waals surface area contributed by atoms with Crippen LogP contribution >= 0.6 is 22.3 Å². The summed E-state index contributed by atoms with van der Waals surface area (Å²) in [6.07, 6.45) is 4.31. The molecule has 1 saturated carbocycles. The third-order valence-electron chi connectivity index (χ3n) is 3.30. The number of nitrogens with one attached hydrogen (secondary N) is 1. The van der Waals surface area contributed by atoms with Crippen molar-refractivity contribution in [1.82, 2.24) is 5.32 Å². The molecule has 8 heteroatoms. The molecule has 1 aromatic rings. The average molecular weight is 354 g/mol. The average Bonchev–Trinajstić information content (AvgIpc) is 3.16. The second-order valence-electron chi connectivity index (χ2n) is 5.04. The minimum absolute atomic E-state index is 0.354. The van der Waals surface area contributed by atoms with Crippen LogP contribution in [0, 0.1) is 11.7 Å². The second kappa shape index (κ2) is 6.50. The predicted molar refractivity (Wildman–Crippen MR) is 78.7 cm³/mol. The lowest BCUT2D eigenvalue weighted by Gasteiger charge is -2.08. The van der Waals surface area contributed by atoms with Crippen LogP contribution < -0.4 is 5.32 Å². The molecular weight excluding hydrogens is 340 g/mol. The first-order valence-electron chi connectivity index (χ1n) is 6.51. The highest BCUT2D eigenvalue weighted by Crippen LogP contribution is 2.33. The maximum atomic E-state index is 13.7. The van der Waals surface area contributed by atoms with Crippen LogP contribution in [0.15, 0.2) is 17.0 Å². The number of carbonyl (C=O) groups is 1. The number of carbonyl (C=O) groups excluding carboxylic acids is 1. The first kappa shape index (κ1) is 16.5. The fraction of sp³-hybridized carbons (Fsp3) is 0.462. The van der Waals surface area contributed by atoms with E-state index >= 15 is 0 Å². The predicted octanol–water partition coefficient (Wildman–Crippen LogP) is 3.33. The van der Waals surface area contributed by atoms with E-state index in [0.29, 0.717) is 6.54 Å². The van der Waals surface area contributed by atoms with Gasteiger partial charge in [0, 0.05) is 17.2 Å². The van der Waals surface area contributed by atoms with E-state index in [0.717, 1.165) is 30.9 Å². The Kier molecular flexibility index (Phi) is 5.11. The summed E-state index contributed by atoms with van der Waals surface area (Å²) >= 11 is 5.62. The first-order valence-corrected chi connectivity index (χ1v) is 9.19. The molecule has 1 amide bonds. The van der Waals surface area contributed by atoms with E-state index in [2.05, 4.69) is 5.32 Å². The largest absolute Gasteiger partial charge is 0.352 e. The zero-order valence-corrected chi connectivity index (χ0v) is 13.4. The van der Waals surface area contributed by atoms with Gasteiger partial charge in [-0.1, -0.05) is 24.4 Å². The van der Waals surface area contributed by atoms with E-state index in [4.69, 9.17) is 22.3 Å². The summed E-state index contributed by atoms with van der Waals surface area (Å²) in [5.41, 5.74) is -0.384. The molecule has 0 unspecified atom stereocenters. The molecule has 0 saturated heterocycles. The van der Waals surface area contributed by atoms with Crippen LogP contribution in [0.5, 0.6) is 0 Å². The lowest BCUT2D eigenvalue weighted by molar-refractivity contribution is 0.0948. The van der Waals surface area contributed by atoms with Crippen LogP contribution in [-0.4, -0.2) is 20.9 Å². The van der Waals surface area contributed by atoms with Crippen molar-refractivity contribution < 1.29 is 17.6 Å². The number of rotatable bonds is 6. The summed E-state index contributed by atoms with van der Waals surface area (Å²) in [5, 5.41) is 2.21. The van der Waals surface area contributed by atoms with Gasteiger partial charge in [0.2, 0.25) is 0 Å². The summed E-state index contributed by atoms with van der Waals surface area (Å²) in [7, 11) is 1.05. The fourth-order valence-corrected chi connectivity index (χ4v) is 3.49. The van der Waals surface area contributed by atoms with Gasteiger partial charge in [-0.05, 0) is 30.9 Å². The molecule has 1 fully saturated rings. The third kappa shape index (κ3) is 4.56. The van der Waals surface area contributed by atoms with Crippen LogP contribution in [0.1, 0.15) is 36.0 Å². The Labute approximate surface area is 132 Å². The molecule has 1 aliphatic rings. The Hall–Kier alpha value is -0.850. The molecule has 1 aliphatic carbocycles. The molecule has 0 spiro atoms. The molecule has 116 valence electrons. The van der Waals surface area contributed by atoms with Crippen molar-refractivity contribution in [2.24, 2.45) is 5.92 Å². The third-order valence-corrected chi connectivity index (χ3v) is 5.09. The van der Waals surface area contributed by atoms with Crippen LogP contribution in [0.2, 0.25) is 5.02 Å². The highest BCUT2D eigenvalue weighted by atomic mass is 35.7. The molecular formula is C13H14Cl2FNO3S. The van der Waals surface area contributed by atoms with Gasteiger partial charge >= 0.3 is 0 Å². The van der Waals surface area contributed by atoms with Gasteiger partial charge in [0.05, 0.1) is 10.6 Å². The Morgan fingerprint density at radius 3 is 2.62 bits per heavy atom. The van der Waals surface area contributed by atoms with Gasteiger partial charge < -0.3 is 5.32 Å². The van der Waals surface area contributed by atoms with E-state index in [1.54, 1.807) is 0 Å². The highest BCUT2D eigenvalue weighted by Gasteiger charge is 2.22. The minimum Gasteiger partial charge on any atom is -0.352 e. The maximum Gasteiger partial charge on any atom is 0.262 e. The van der Waals surface area contributed by atoms with Gasteiger partial charge in [-0.25, -0.2) is 12.8 Å². The Morgan fingerprint density at radius 2 is 2.05 bits per heavy atom. The molecule has 0 bridgehead atoms. The molecule has 0 atom stereocenters. The summed E-state index contributed by atoms with van der Waals surface area (Å²) < 4.78 is 36.4. The van der Waals surface area contributed by atoms with Crippen molar-refractivity contribution in [2.75, 3.05) is 6.54 Å². The Bertz CT molecular complexity index is 660. The normalized spacial score (nSPS) is 15.0. The number of halogens is 3. The molecule has 0 radical (unpaired) electrons. The van der Waals surface area contributed by atoms with E-state index in [-0.39, 0.29) is 10.6 Å². The van der Waals surface area contributed by atoms with Crippen molar-refractivity contribution >= 4 is 37.2 Å². The van der Waals surface area contributed by atoms with Crippen molar-refractivity contribution in [3.63, 3.8) is 0 Å². The molecule has 1 aromatic carbocycles. The number of hydrogen-bond acceptors (Lipinski definition) is 3. The van der Waals surface area contributed by atoms with Gasteiger partial charge in [0.25, 0.3) is 15.0 Å². The van der Waals surface area contributed by atoms with Gasteiger partial charge in [-0.3, -0.25) is 4.79 Å². The topological polar surface area (TPSA) is 63.2 Å². The lowest BCUT2D eigenvalue weighted by Crippen LogP contribution is -2.25. The maximum absolute atomic E-state index is 13.7. The zero-order valence-electron chi connectivity index (χ0n) is 11.0. The summed E-state index contributed by atoms with van der Waals surface area (Å²) in [6.45, 7) is 0.417. The summed E-state index contributed by atoms with van der Waals surface area (Å²) in [6, 6.07) is 1.63. The zero-order chi connectivity index (χ0) is 15.6. The fourth-order valence-electron chi connectivity index (χ4n) is 1.98. The van der Waals surface area contributed by atoms with Crippen LogP contribution in [0.4, 0.5) is 4.39 Å². The van der Waals surface area contributed by atoms with E-state index in [1.807, 2.05) is 0 Å². The first-order chi connectivity index (χ1) is 9.79. The van der Waals surface area contributed by atoms with Crippen LogP contribution in [-0.2, 0) is 9.05 Å². The van der Waals surface area contributed by atoms with Gasteiger partial charge in [-0.2, -0.15) is 0 Å². The highest BCUT2D eigenvalue weighted by molar-refractivity contribution is 8.13. The van der Waals surface area contributed by atoms with E-state index in [1.165, 1.54) is 12.8 Å².